The topological polar surface area (TPSA) is 39.2 Å². The summed E-state index contributed by atoms with van der Waals surface area (Å²) in [6, 6.07) is 20.0. The molecule has 3 nitrogen and oxygen atoms in total. The van der Waals surface area contributed by atoms with E-state index in [2.05, 4.69) is 11.1 Å². The molecule has 21 heavy (non-hydrogen) atoms. The van der Waals surface area contributed by atoms with Crippen molar-refractivity contribution < 1.29 is 9.53 Å². The molecule has 3 heteroatoms. The Bertz CT molecular complexity index is 782. The van der Waals surface area contributed by atoms with Crippen LogP contribution < -0.4 is 0 Å². The highest BCUT2D eigenvalue weighted by Gasteiger charge is 2.08. The van der Waals surface area contributed by atoms with E-state index in [0.717, 1.165) is 27.7 Å². The van der Waals surface area contributed by atoms with Gasteiger partial charge in [0.1, 0.15) is 6.61 Å². The SMILES string of the molecule is CC(=O)OCc1nc(-c2ccccc2)cc2ccccc12. The second-order valence-electron chi connectivity index (χ2n) is 4.82. The molecule has 0 amide bonds. The van der Waals surface area contributed by atoms with Crippen LogP contribution in [0.15, 0.2) is 60.7 Å². The fourth-order valence-corrected chi connectivity index (χ4v) is 2.31. The first kappa shape index (κ1) is 13.3. The van der Waals surface area contributed by atoms with Crippen LogP contribution in [0.3, 0.4) is 0 Å². The van der Waals surface area contributed by atoms with Crippen LogP contribution in [0, 0.1) is 0 Å². The minimum absolute atomic E-state index is 0.191. The minimum atomic E-state index is -0.300. The smallest absolute Gasteiger partial charge is 0.303 e. The summed E-state index contributed by atoms with van der Waals surface area (Å²) < 4.78 is 5.13. The van der Waals surface area contributed by atoms with Crippen molar-refractivity contribution in [1.82, 2.24) is 4.98 Å². The highest BCUT2D eigenvalue weighted by Crippen LogP contribution is 2.25. The molecule has 3 rings (SSSR count). The first-order valence-corrected chi connectivity index (χ1v) is 6.81. The molecule has 0 N–H and O–H groups in total. The number of aromatic nitrogens is 1. The van der Waals surface area contributed by atoms with Crippen molar-refractivity contribution in [3.05, 3.63) is 66.4 Å². The molecule has 0 bridgehead atoms. The van der Waals surface area contributed by atoms with Crippen molar-refractivity contribution in [2.24, 2.45) is 0 Å². The Hall–Kier alpha value is -2.68. The second kappa shape index (κ2) is 5.75. The fraction of sp³-hybridized carbons (Fsp3) is 0.111. The molecule has 1 aromatic heterocycles. The Labute approximate surface area is 123 Å². The number of carbonyl (C=O) groups excluding carboxylic acids is 1. The maximum absolute atomic E-state index is 11.1. The zero-order valence-electron chi connectivity index (χ0n) is 11.7. The normalized spacial score (nSPS) is 10.5. The number of fused-ring (bicyclic) bond motifs is 1. The Morgan fingerprint density at radius 1 is 1.05 bits per heavy atom. The van der Waals surface area contributed by atoms with E-state index in [9.17, 15) is 4.79 Å². The third kappa shape index (κ3) is 2.92. The Morgan fingerprint density at radius 3 is 2.52 bits per heavy atom. The molecule has 0 aliphatic heterocycles. The molecule has 2 aromatic carbocycles. The number of pyridine rings is 1. The van der Waals surface area contributed by atoms with Crippen LogP contribution in [0.25, 0.3) is 22.0 Å². The molecule has 0 saturated carbocycles. The van der Waals surface area contributed by atoms with Gasteiger partial charge in [0.15, 0.2) is 0 Å². The van der Waals surface area contributed by atoms with Crippen LogP contribution in [0.1, 0.15) is 12.6 Å². The van der Waals surface area contributed by atoms with E-state index in [1.165, 1.54) is 6.92 Å². The lowest BCUT2D eigenvalue weighted by Gasteiger charge is -2.09. The van der Waals surface area contributed by atoms with Crippen molar-refractivity contribution in [1.29, 1.82) is 0 Å². The third-order valence-electron chi connectivity index (χ3n) is 3.30. The summed E-state index contributed by atoms with van der Waals surface area (Å²) in [4.78, 5) is 15.7. The molecule has 0 atom stereocenters. The first-order chi connectivity index (χ1) is 10.2. The maximum atomic E-state index is 11.1. The number of benzene rings is 2. The predicted molar refractivity (Wildman–Crippen MR) is 82.6 cm³/mol. The van der Waals surface area contributed by atoms with Gasteiger partial charge in [0, 0.05) is 17.9 Å². The Morgan fingerprint density at radius 2 is 1.76 bits per heavy atom. The molecule has 1 heterocycles. The van der Waals surface area contributed by atoms with Gasteiger partial charge in [-0.3, -0.25) is 4.79 Å². The number of esters is 1. The van der Waals surface area contributed by atoms with Crippen LogP contribution >= 0.6 is 0 Å². The van der Waals surface area contributed by atoms with E-state index in [-0.39, 0.29) is 12.6 Å². The second-order valence-corrected chi connectivity index (χ2v) is 4.82. The van der Waals surface area contributed by atoms with Gasteiger partial charge in [-0.25, -0.2) is 4.98 Å². The van der Waals surface area contributed by atoms with Crippen LogP contribution in [0.5, 0.6) is 0 Å². The van der Waals surface area contributed by atoms with Gasteiger partial charge in [0.2, 0.25) is 0 Å². The van der Waals surface area contributed by atoms with Crippen LogP contribution in [0.2, 0.25) is 0 Å². The van der Waals surface area contributed by atoms with E-state index >= 15 is 0 Å². The van der Waals surface area contributed by atoms with E-state index in [0.29, 0.717) is 0 Å². The van der Waals surface area contributed by atoms with Crippen molar-refractivity contribution in [3.8, 4) is 11.3 Å². The third-order valence-corrected chi connectivity index (χ3v) is 3.30. The van der Waals surface area contributed by atoms with Crippen molar-refractivity contribution in [2.45, 2.75) is 13.5 Å². The monoisotopic (exact) mass is 277 g/mol. The standard InChI is InChI=1S/C18H15NO2/c1-13(20)21-12-18-16-10-6-5-9-15(16)11-17(19-18)14-7-3-2-4-8-14/h2-11H,12H2,1H3. The molecule has 0 aliphatic rings. The number of nitrogens with zero attached hydrogens (tertiary/aromatic N) is 1. The lowest BCUT2D eigenvalue weighted by molar-refractivity contribution is -0.142. The molecule has 0 radical (unpaired) electrons. The molecule has 0 aliphatic carbocycles. The number of hydrogen-bond donors (Lipinski definition) is 0. The summed E-state index contributed by atoms with van der Waals surface area (Å²) in [5.41, 5.74) is 2.71. The highest BCUT2D eigenvalue weighted by molar-refractivity contribution is 5.88. The van der Waals surface area contributed by atoms with Crippen molar-refractivity contribution >= 4 is 16.7 Å². The summed E-state index contributed by atoms with van der Waals surface area (Å²) >= 11 is 0. The summed E-state index contributed by atoms with van der Waals surface area (Å²) in [5.74, 6) is -0.300. The fourth-order valence-electron chi connectivity index (χ4n) is 2.31. The molecule has 0 unspecified atom stereocenters. The van der Waals surface area contributed by atoms with E-state index in [1.54, 1.807) is 0 Å². The van der Waals surface area contributed by atoms with Gasteiger partial charge >= 0.3 is 5.97 Å². The lowest BCUT2D eigenvalue weighted by atomic mass is 10.1. The first-order valence-electron chi connectivity index (χ1n) is 6.81. The molecule has 0 saturated heterocycles. The summed E-state index contributed by atoms with van der Waals surface area (Å²) in [6.45, 7) is 1.60. The number of rotatable bonds is 3. The Balaban J connectivity index is 2.12. The molecule has 0 fully saturated rings. The quantitative estimate of drug-likeness (QED) is 0.680. The number of hydrogen-bond acceptors (Lipinski definition) is 3. The largest absolute Gasteiger partial charge is 0.459 e. The van der Waals surface area contributed by atoms with Gasteiger partial charge in [0.25, 0.3) is 0 Å². The lowest BCUT2D eigenvalue weighted by Crippen LogP contribution is -2.02. The van der Waals surface area contributed by atoms with E-state index in [4.69, 9.17) is 4.74 Å². The van der Waals surface area contributed by atoms with Crippen molar-refractivity contribution in [3.63, 3.8) is 0 Å². The zero-order chi connectivity index (χ0) is 14.7. The Kier molecular flexibility index (Phi) is 3.65. The molecule has 0 spiro atoms. The van der Waals surface area contributed by atoms with Gasteiger partial charge in [-0.2, -0.15) is 0 Å². The average molecular weight is 277 g/mol. The predicted octanol–water partition coefficient (Wildman–Crippen LogP) is 3.96. The van der Waals surface area contributed by atoms with Gasteiger partial charge in [-0.15, -0.1) is 0 Å². The summed E-state index contributed by atoms with van der Waals surface area (Å²) in [6.07, 6.45) is 0. The van der Waals surface area contributed by atoms with E-state index in [1.807, 2.05) is 54.6 Å². The van der Waals surface area contributed by atoms with Gasteiger partial charge < -0.3 is 4.74 Å². The number of ether oxygens (including phenoxy) is 1. The minimum Gasteiger partial charge on any atom is -0.459 e. The van der Waals surface area contributed by atoms with Gasteiger partial charge in [0.05, 0.1) is 11.4 Å². The summed E-state index contributed by atoms with van der Waals surface area (Å²) in [7, 11) is 0. The molecule has 104 valence electrons. The average Bonchev–Trinajstić information content (AvgIpc) is 2.53. The molecular formula is C18H15NO2. The summed E-state index contributed by atoms with van der Waals surface area (Å²) in [5, 5.41) is 2.10. The van der Waals surface area contributed by atoms with Gasteiger partial charge in [-0.05, 0) is 11.5 Å². The molecular weight excluding hydrogens is 262 g/mol. The number of carbonyl (C=O) groups is 1. The molecule has 3 aromatic rings. The zero-order valence-corrected chi connectivity index (χ0v) is 11.7. The van der Waals surface area contributed by atoms with Crippen LogP contribution in [0.4, 0.5) is 0 Å². The van der Waals surface area contributed by atoms with E-state index < -0.39 is 0 Å². The van der Waals surface area contributed by atoms with Gasteiger partial charge in [-0.1, -0.05) is 54.6 Å². The van der Waals surface area contributed by atoms with Crippen molar-refractivity contribution in [2.75, 3.05) is 0 Å². The van der Waals surface area contributed by atoms with Crippen LogP contribution in [-0.2, 0) is 16.1 Å². The van der Waals surface area contributed by atoms with Crippen LogP contribution in [-0.4, -0.2) is 11.0 Å². The highest BCUT2D eigenvalue weighted by atomic mass is 16.5. The maximum Gasteiger partial charge on any atom is 0.303 e.